The number of nitrogens with one attached hydrogen (secondary N) is 1. The molecule has 7 nitrogen and oxygen atoms in total. The number of benzene rings is 1. The molecule has 2 aromatic rings. The third-order valence-corrected chi connectivity index (χ3v) is 5.16. The van der Waals surface area contributed by atoms with Crippen molar-refractivity contribution in [3.8, 4) is 0 Å². The van der Waals surface area contributed by atoms with E-state index in [9.17, 15) is 14.9 Å². The molecule has 1 amide bonds. The van der Waals surface area contributed by atoms with Crippen LogP contribution in [-0.2, 0) is 4.79 Å². The lowest BCUT2D eigenvalue weighted by atomic mass is 9.90. The van der Waals surface area contributed by atoms with Gasteiger partial charge in [0.25, 0.3) is 5.69 Å². The van der Waals surface area contributed by atoms with Crippen LogP contribution in [0.5, 0.6) is 0 Å². The maximum absolute atomic E-state index is 12.0. The molecule has 0 spiro atoms. The predicted octanol–water partition coefficient (Wildman–Crippen LogP) is 4.15. The maximum atomic E-state index is 12.0. The Hall–Kier alpha value is -2.61. The highest BCUT2D eigenvalue weighted by atomic mass is 32.1. The van der Waals surface area contributed by atoms with Gasteiger partial charge in [-0.15, -0.1) is 10.2 Å². The summed E-state index contributed by atoms with van der Waals surface area (Å²) in [6, 6.07) is 5.99. The number of carbonyl (C=O) groups excluding carboxylic acids is 1. The van der Waals surface area contributed by atoms with Crippen molar-refractivity contribution >= 4 is 34.1 Å². The van der Waals surface area contributed by atoms with E-state index in [1.54, 1.807) is 18.2 Å². The molecule has 8 heteroatoms. The van der Waals surface area contributed by atoms with Crippen LogP contribution in [0, 0.1) is 10.1 Å². The van der Waals surface area contributed by atoms with Crippen LogP contribution >= 0.6 is 11.3 Å². The van der Waals surface area contributed by atoms with Gasteiger partial charge in [-0.05, 0) is 36.6 Å². The molecule has 1 aliphatic carbocycles. The van der Waals surface area contributed by atoms with Crippen molar-refractivity contribution in [3.05, 3.63) is 51.0 Å². The Morgan fingerprint density at radius 3 is 2.60 bits per heavy atom. The van der Waals surface area contributed by atoms with E-state index in [0.29, 0.717) is 16.6 Å². The Balaban J connectivity index is 1.56. The number of hydrogen-bond donors (Lipinski definition) is 1. The summed E-state index contributed by atoms with van der Waals surface area (Å²) < 4.78 is 0. The van der Waals surface area contributed by atoms with Gasteiger partial charge in [-0.3, -0.25) is 20.2 Å². The molecular formula is C17H18N4O3S. The van der Waals surface area contributed by atoms with Gasteiger partial charge in [-0.2, -0.15) is 0 Å². The third kappa shape index (κ3) is 4.69. The van der Waals surface area contributed by atoms with Crippen molar-refractivity contribution in [1.29, 1.82) is 0 Å². The summed E-state index contributed by atoms with van der Waals surface area (Å²) >= 11 is 1.43. The zero-order valence-electron chi connectivity index (χ0n) is 13.6. The van der Waals surface area contributed by atoms with Crippen LogP contribution in [0.15, 0.2) is 30.3 Å². The molecule has 1 aliphatic rings. The molecule has 3 rings (SSSR count). The first kappa shape index (κ1) is 17.2. The number of nitrogens with zero attached hydrogens (tertiary/aromatic N) is 3. The van der Waals surface area contributed by atoms with Gasteiger partial charge in [0.05, 0.1) is 4.92 Å². The number of carbonyl (C=O) groups is 1. The molecule has 0 atom stereocenters. The Morgan fingerprint density at radius 1 is 1.20 bits per heavy atom. The molecule has 25 heavy (non-hydrogen) atoms. The molecule has 1 aromatic carbocycles. The summed E-state index contributed by atoms with van der Waals surface area (Å²) in [4.78, 5) is 22.1. The summed E-state index contributed by atoms with van der Waals surface area (Å²) in [5.41, 5.74) is 0.728. The Morgan fingerprint density at radius 2 is 1.92 bits per heavy atom. The van der Waals surface area contributed by atoms with E-state index in [0.717, 1.165) is 17.8 Å². The molecule has 1 saturated carbocycles. The largest absolute Gasteiger partial charge is 0.297 e. The first-order chi connectivity index (χ1) is 12.1. The molecule has 0 aliphatic heterocycles. The van der Waals surface area contributed by atoms with Crippen molar-refractivity contribution in [3.63, 3.8) is 0 Å². The molecule has 130 valence electrons. The summed E-state index contributed by atoms with van der Waals surface area (Å²) in [5.74, 6) is 0.164. The predicted molar refractivity (Wildman–Crippen MR) is 96.5 cm³/mol. The standard InChI is InChI=1S/C17H18N4O3S/c22-15(11-8-12-6-9-14(10-7-12)21(23)24)18-17-20-19-16(25-17)13-4-2-1-3-5-13/h6-11,13H,1-5H2,(H,18,20,22). The third-order valence-electron chi connectivity index (χ3n) is 4.16. The molecule has 0 bridgehead atoms. The van der Waals surface area contributed by atoms with Crippen molar-refractivity contribution in [2.24, 2.45) is 0 Å². The topological polar surface area (TPSA) is 98.0 Å². The Labute approximate surface area is 148 Å². The van der Waals surface area contributed by atoms with Crippen LogP contribution in [0.1, 0.15) is 48.6 Å². The van der Waals surface area contributed by atoms with Crippen molar-refractivity contribution in [1.82, 2.24) is 10.2 Å². The molecule has 1 N–H and O–H groups in total. The van der Waals surface area contributed by atoms with Gasteiger partial charge >= 0.3 is 0 Å². The first-order valence-electron chi connectivity index (χ1n) is 8.19. The summed E-state index contributed by atoms with van der Waals surface area (Å²) in [7, 11) is 0. The molecule has 0 unspecified atom stereocenters. The fraction of sp³-hybridized carbons (Fsp3) is 0.353. The Kier molecular flexibility index (Phi) is 5.49. The molecule has 0 saturated heterocycles. The number of amides is 1. The number of rotatable bonds is 5. The zero-order valence-corrected chi connectivity index (χ0v) is 14.4. The maximum Gasteiger partial charge on any atom is 0.269 e. The lowest BCUT2D eigenvalue weighted by molar-refractivity contribution is -0.384. The zero-order chi connectivity index (χ0) is 17.6. The SMILES string of the molecule is O=C(C=Cc1ccc([N+](=O)[O-])cc1)Nc1nnc(C2CCCCC2)s1. The van der Waals surface area contributed by atoms with E-state index in [4.69, 9.17) is 0 Å². The number of hydrogen-bond acceptors (Lipinski definition) is 6. The van der Waals surface area contributed by atoms with Crippen LogP contribution in [0.2, 0.25) is 0 Å². The number of nitro benzene ring substituents is 1. The summed E-state index contributed by atoms with van der Waals surface area (Å²) in [6.45, 7) is 0. The minimum absolute atomic E-state index is 0.0192. The van der Waals surface area contributed by atoms with Gasteiger partial charge in [0.15, 0.2) is 0 Å². The van der Waals surface area contributed by atoms with Crippen LogP contribution in [0.4, 0.5) is 10.8 Å². The van der Waals surface area contributed by atoms with Crippen LogP contribution < -0.4 is 5.32 Å². The average molecular weight is 358 g/mol. The molecule has 0 radical (unpaired) electrons. The number of nitro groups is 1. The second-order valence-electron chi connectivity index (χ2n) is 5.95. The van der Waals surface area contributed by atoms with E-state index in [1.807, 2.05) is 0 Å². The highest BCUT2D eigenvalue weighted by Crippen LogP contribution is 2.35. The minimum atomic E-state index is -0.459. The fourth-order valence-corrected chi connectivity index (χ4v) is 3.74. The second-order valence-corrected chi connectivity index (χ2v) is 6.96. The van der Waals surface area contributed by atoms with Crippen molar-refractivity contribution in [2.45, 2.75) is 38.0 Å². The van der Waals surface area contributed by atoms with E-state index in [2.05, 4.69) is 15.5 Å². The number of non-ortho nitro benzene ring substituents is 1. The van der Waals surface area contributed by atoms with Crippen molar-refractivity contribution in [2.75, 3.05) is 5.32 Å². The highest BCUT2D eigenvalue weighted by molar-refractivity contribution is 7.15. The first-order valence-corrected chi connectivity index (χ1v) is 9.00. The van der Waals surface area contributed by atoms with Crippen LogP contribution in [0.3, 0.4) is 0 Å². The second kappa shape index (κ2) is 7.98. The quantitative estimate of drug-likeness (QED) is 0.492. The van der Waals surface area contributed by atoms with Crippen LogP contribution in [0.25, 0.3) is 6.08 Å². The Bertz CT molecular complexity index is 779. The molecule has 1 heterocycles. The van der Waals surface area contributed by atoms with E-state index >= 15 is 0 Å². The van der Waals surface area contributed by atoms with E-state index < -0.39 is 4.92 Å². The average Bonchev–Trinajstić information content (AvgIpc) is 3.09. The molecular weight excluding hydrogens is 340 g/mol. The van der Waals surface area contributed by atoms with E-state index in [1.165, 1.54) is 48.8 Å². The van der Waals surface area contributed by atoms with Gasteiger partial charge in [0.1, 0.15) is 5.01 Å². The monoisotopic (exact) mass is 358 g/mol. The normalized spacial score (nSPS) is 15.4. The van der Waals surface area contributed by atoms with Gasteiger partial charge in [0.2, 0.25) is 11.0 Å². The molecule has 1 aromatic heterocycles. The minimum Gasteiger partial charge on any atom is -0.297 e. The number of anilines is 1. The lowest BCUT2D eigenvalue weighted by Crippen LogP contribution is -2.07. The smallest absolute Gasteiger partial charge is 0.269 e. The summed E-state index contributed by atoms with van der Waals surface area (Å²) in [6.07, 6.45) is 9.00. The highest BCUT2D eigenvalue weighted by Gasteiger charge is 2.19. The van der Waals surface area contributed by atoms with Crippen molar-refractivity contribution < 1.29 is 9.72 Å². The van der Waals surface area contributed by atoms with E-state index in [-0.39, 0.29) is 11.6 Å². The fourth-order valence-electron chi connectivity index (χ4n) is 2.83. The van der Waals surface area contributed by atoms with Gasteiger partial charge < -0.3 is 0 Å². The van der Waals surface area contributed by atoms with Gasteiger partial charge in [-0.1, -0.05) is 30.6 Å². The molecule has 1 fully saturated rings. The van der Waals surface area contributed by atoms with Gasteiger partial charge in [0, 0.05) is 24.1 Å². The van der Waals surface area contributed by atoms with Crippen LogP contribution in [-0.4, -0.2) is 21.0 Å². The number of aromatic nitrogens is 2. The van der Waals surface area contributed by atoms with Gasteiger partial charge in [-0.25, -0.2) is 0 Å². The lowest BCUT2D eigenvalue weighted by Gasteiger charge is -2.18. The summed E-state index contributed by atoms with van der Waals surface area (Å²) in [5, 5.41) is 23.1.